The van der Waals surface area contributed by atoms with E-state index in [1.165, 1.54) is 0 Å². The van der Waals surface area contributed by atoms with Crippen molar-refractivity contribution in [3.8, 4) is 5.75 Å². The highest BCUT2D eigenvalue weighted by Gasteiger charge is 2.11. The molecular formula is C23H30O4. The normalized spacial score (nSPS) is 12.4. The number of aliphatic carboxylic acids is 1. The lowest BCUT2D eigenvalue weighted by molar-refractivity contribution is -0.132. The zero-order valence-corrected chi connectivity index (χ0v) is 16.7. The molecule has 4 nitrogen and oxygen atoms in total. The Morgan fingerprint density at radius 2 is 1.93 bits per heavy atom. The first-order valence-corrected chi connectivity index (χ1v) is 9.00. The summed E-state index contributed by atoms with van der Waals surface area (Å²) >= 11 is 0. The van der Waals surface area contributed by atoms with Crippen LogP contribution in [-0.4, -0.2) is 31.4 Å². The van der Waals surface area contributed by atoms with Crippen molar-refractivity contribution in [3.05, 3.63) is 70.9 Å². The summed E-state index contributed by atoms with van der Waals surface area (Å²) < 4.78 is 10.7. The van der Waals surface area contributed by atoms with Crippen molar-refractivity contribution in [2.75, 3.05) is 20.3 Å². The van der Waals surface area contributed by atoms with Crippen LogP contribution in [0.4, 0.5) is 0 Å². The molecule has 1 aromatic carbocycles. The van der Waals surface area contributed by atoms with Crippen molar-refractivity contribution in [1.82, 2.24) is 0 Å². The Morgan fingerprint density at radius 1 is 1.19 bits per heavy atom. The average molecular weight is 370 g/mol. The molecule has 0 spiro atoms. The highest BCUT2D eigenvalue weighted by molar-refractivity contribution is 5.92. The summed E-state index contributed by atoms with van der Waals surface area (Å²) in [5, 5.41) is 9.60. The molecule has 1 aromatic rings. The predicted octanol–water partition coefficient (Wildman–Crippen LogP) is 5.27. The summed E-state index contributed by atoms with van der Waals surface area (Å²) in [6.45, 7) is 10.6. The molecular weight excluding hydrogens is 340 g/mol. The van der Waals surface area contributed by atoms with Gasteiger partial charge in [0.25, 0.3) is 0 Å². The number of hydrogen-bond acceptors (Lipinski definition) is 3. The van der Waals surface area contributed by atoms with Gasteiger partial charge in [0.1, 0.15) is 12.4 Å². The highest BCUT2D eigenvalue weighted by Crippen LogP contribution is 2.25. The van der Waals surface area contributed by atoms with Gasteiger partial charge >= 0.3 is 5.97 Å². The summed E-state index contributed by atoms with van der Waals surface area (Å²) in [4.78, 5) is 11.7. The second-order valence-electron chi connectivity index (χ2n) is 6.40. The van der Waals surface area contributed by atoms with E-state index >= 15 is 0 Å². The Kier molecular flexibility index (Phi) is 9.91. The van der Waals surface area contributed by atoms with Crippen LogP contribution in [0.2, 0.25) is 0 Å². The molecule has 0 heterocycles. The van der Waals surface area contributed by atoms with E-state index in [9.17, 15) is 9.90 Å². The Morgan fingerprint density at radius 3 is 2.56 bits per heavy atom. The molecule has 0 unspecified atom stereocenters. The zero-order valence-electron chi connectivity index (χ0n) is 16.7. The van der Waals surface area contributed by atoms with Crippen molar-refractivity contribution < 1.29 is 19.4 Å². The topological polar surface area (TPSA) is 55.8 Å². The van der Waals surface area contributed by atoms with Gasteiger partial charge in [-0.05, 0) is 68.5 Å². The van der Waals surface area contributed by atoms with Crippen LogP contribution in [0.5, 0.6) is 5.75 Å². The van der Waals surface area contributed by atoms with Crippen LogP contribution in [-0.2, 0) is 9.53 Å². The minimum atomic E-state index is -0.896. The third-order valence-electron chi connectivity index (χ3n) is 4.26. The number of carbonyl (C=O) groups is 1. The lowest BCUT2D eigenvalue weighted by atomic mass is 9.98. The van der Waals surface area contributed by atoms with E-state index in [1.54, 1.807) is 19.3 Å². The molecule has 27 heavy (non-hydrogen) atoms. The molecule has 4 heteroatoms. The molecule has 0 amide bonds. The molecule has 1 rings (SSSR count). The average Bonchev–Trinajstić information content (AvgIpc) is 2.62. The monoisotopic (exact) mass is 370 g/mol. The summed E-state index contributed by atoms with van der Waals surface area (Å²) in [5.74, 6) is -0.177. The molecule has 1 N–H and O–H groups in total. The maximum atomic E-state index is 11.7. The molecule has 146 valence electrons. The maximum absolute atomic E-state index is 11.7. The number of carboxylic acids is 1. The second-order valence-corrected chi connectivity index (χ2v) is 6.40. The predicted molar refractivity (Wildman–Crippen MR) is 111 cm³/mol. The van der Waals surface area contributed by atoms with Crippen molar-refractivity contribution in [2.24, 2.45) is 0 Å². The number of benzene rings is 1. The first kappa shape index (κ1) is 22.5. The maximum Gasteiger partial charge on any atom is 0.331 e. The van der Waals surface area contributed by atoms with Crippen molar-refractivity contribution >= 4 is 12.0 Å². The van der Waals surface area contributed by atoms with Gasteiger partial charge in [0.15, 0.2) is 0 Å². The fraction of sp³-hybridized carbons (Fsp3) is 0.348. The van der Waals surface area contributed by atoms with Gasteiger partial charge < -0.3 is 14.6 Å². The third kappa shape index (κ3) is 8.09. The zero-order chi connectivity index (χ0) is 20.2. The van der Waals surface area contributed by atoms with E-state index in [4.69, 9.17) is 9.47 Å². The van der Waals surface area contributed by atoms with Crippen LogP contribution in [0.15, 0.2) is 54.2 Å². The number of ether oxygens (including phenoxy) is 2. The fourth-order valence-corrected chi connectivity index (χ4v) is 2.47. The minimum absolute atomic E-state index is 0.381. The number of carboxylic acid groups (broad SMARTS) is 1. The van der Waals surface area contributed by atoms with Crippen molar-refractivity contribution in [2.45, 2.75) is 33.6 Å². The number of hydrogen-bond donors (Lipinski definition) is 1. The van der Waals surface area contributed by atoms with Gasteiger partial charge in [-0.15, -0.1) is 0 Å². The molecule has 0 saturated heterocycles. The van der Waals surface area contributed by atoms with Crippen LogP contribution in [0.3, 0.4) is 0 Å². The van der Waals surface area contributed by atoms with Crippen LogP contribution in [0.1, 0.15) is 36.5 Å². The lowest BCUT2D eigenvalue weighted by Gasteiger charge is -2.12. The summed E-state index contributed by atoms with van der Waals surface area (Å²) in [5.41, 5.74) is 4.48. The Balaban J connectivity index is 3.03. The summed E-state index contributed by atoms with van der Waals surface area (Å²) in [6, 6.07) is 3.85. The van der Waals surface area contributed by atoms with Gasteiger partial charge in [-0.1, -0.05) is 36.5 Å². The first-order valence-electron chi connectivity index (χ1n) is 9.00. The Bertz CT molecular complexity index is 739. The Labute approximate surface area is 162 Å². The standard InChI is InChI=1S/C23H30O4/c1-6-7-8-9-17(2)10-11-20(23(24)25)15-21-16-22(27-13-12-26-5)14-18(3)19(21)4/h6-9,14-16H,1,10-13H2,2-5H3,(H,24,25)/b8-7-,17-9+,20-15+. The SMILES string of the molecule is C=C/C=C\C=C(/C)CC/C(=C\c1cc(OCCOC)cc(C)c1C)C(=O)O. The molecule has 0 aliphatic rings. The van der Waals surface area contributed by atoms with Crippen LogP contribution in [0.25, 0.3) is 6.08 Å². The lowest BCUT2D eigenvalue weighted by Crippen LogP contribution is -2.05. The third-order valence-corrected chi connectivity index (χ3v) is 4.26. The highest BCUT2D eigenvalue weighted by atomic mass is 16.5. The van der Waals surface area contributed by atoms with E-state index in [0.29, 0.717) is 31.6 Å². The Hall–Kier alpha value is -2.59. The quantitative estimate of drug-likeness (QED) is 0.328. The van der Waals surface area contributed by atoms with Gasteiger partial charge in [0, 0.05) is 12.7 Å². The van der Waals surface area contributed by atoms with Gasteiger partial charge in [0.05, 0.1) is 6.61 Å². The number of allylic oxidation sites excluding steroid dienone is 5. The number of aryl methyl sites for hydroxylation is 1. The van der Waals surface area contributed by atoms with Gasteiger partial charge in [-0.25, -0.2) is 4.79 Å². The molecule has 0 aliphatic heterocycles. The van der Waals surface area contributed by atoms with E-state index in [-0.39, 0.29) is 0 Å². The van der Waals surface area contributed by atoms with E-state index < -0.39 is 5.97 Å². The molecule has 0 radical (unpaired) electrons. The van der Waals surface area contributed by atoms with E-state index in [1.807, 2.05) is 51.1 Å². The van der Waals surface area contributed by atoms with Crippen LogP contribution < -0.4 is 4.74 Å². The molecule has 0 saturated carbocycles. The first-order chi connectivity index (χ1) is 12.9. The smallest absolute Gasteiger partial charge is 0.331 e. The minimum Gasteiger partial charge on any atom is -0.491 e. The van der Waals surface area contributed by atoms with E-state index in [0.717, 1.165) is 28.0 Å². The molecule has 0 aliphatic carbocycles. The molecule has 0 fully saturated rings. The second kappa shape index (κ2) is 11.9. The van der Waals surface area contributed by atoms with Gasteiger partial charge in [0.2, 0.25) is 0 Å². The summed E-state index contributed by atoms with van der Waals surface area (Å²) in [6.07, 6.45) is 10.3. The van der Waals surface area contributed by atoms with Crippen LogP contribution in [0, 0.1) is 13.8 Å². The molecule has 0 bridgehead atoms. The van der Waals surface area contributed by atoms with Crippen molar-refractivity contribution in [3.63, 3.8) is 0 Å². The van der Waals surface area contributed by atoms with Gasteiger partial charge in [-0.2, -0.15) is 0 Å². The largest absolute Gasteiger partial charge is 0.491 e. The number of rotatable bonds is 11. The molecule has 0 aromatic heterocycles. The molecule has 0 atom stereocenters. The van der Waals surface area contributed by atoms with Crippen LogP contribution >= 0.6 is 0 Å². The fourth-order valence-electron chi connectivity index (χ4n) is 2.47. The van der Waals surface area contributed by atoms with Crippen molar-refractivity contribution in [1.29, 1.82) is 0 Å². The van der Waals surface area contributed by atoms with E-state index in [2.05, 4.69) is 6.58 Å². The summed E-state index contributed by atoms with van der Waals surface area (Å²) in [7, 11) is 1.63. The number of methoxy groups -OCH3 is 1. The van der Waals surface area contributed by atoms with Gasteiger partial charge in [-0.3, -0.25) is 0 Å².